The Labute approximate surface area is 162 Å². The molecule has 4 heteroatoms. The van der Waals surface area contributed by atoms with Crippen molar-refractivity contribution >= 4 is 5.97 Å². The molecule has 0 fully saturated rings. The Balaban J connectivity index is 0.00000243. The third kappa shape index (κ3) is 4.11. The summed E-state index contributed by atoms with van der Waals surface area (Å²) < 4.78 is 5.78. The van der Waals surface area contributed by atoms with Crippen LogP contribution in [0, 0.1) is 0 Å². The predicted molar refractivity (Wildman–Crippen MR) is 100.0 cm³/mol. The average Bonchev–Trinajstić information content (AvgIpc) is 2.65. The zero-order valence-corrected chi connectivity index (χ0v) is 16.6. The number of esters is 1. The van der Waals surface area contributed by atoms with Crippen LogP contribution in [-0.4, -0.2) is 31.7 Å². The number of carbonyl (C=O) groups excluding carboxylic acids is 1. The van der Waals surface area contributed by atoms with Gasteiger partial charge in [0.05, 0.1) is 13.1 Å². The molecule has 0 amide bonds. The highest BCUT2D eigenvalue weighted by molar-refractivity contribution is 5.84. The number of hydrogen-bond donors (Lipinski definition) is 1. The summed E-state index contributed by atoms with van der Waals surface area (Å²) in [6.45, 7) is 9.05. The quantitative estimate of drug-likeness (QED) is 0.697. The maximum atomic E-state index is 13.0. The second-order valence-electron chi connectivity index (χ2n) is 6.90. The number of hydrogen-bond acceptors (Lipinski definition) is 2. The van der Waals surface area contributed by atoms with Crippen LogP contribution < -0.4 is 17.3 Å². The van der Waals surface area contributed by atoms with E-state index in [0.29, 0.717) is 12.6 Å². The highest BCUT2D eigenvalue weighted by Crippen LogP contribution is 2.37. The van der Waals surface area contributed by atoms with Crippen LogP contribution in [0.2, 0.25) is 0 Å². The summed E-state index contributed by atoms with van der Waals surface area (Å²) in [7, 11) is 0. The number of benzene rings is 2. The molecular formula is C22H28ClNO2. The number of carbonyl (C=O) groups is 1. The lowest BCUT2D eigenvalue weighted by Crippen LogP contribution is -3.15. The molecule has 0 spiro atoms. The first-order valence-electron chi connectivity index (χ1n) is 9.32. The van der Waals surface area contributed by atoms with Gasteiger partial charge in [-0.3, -0.25) is 4.79 Å². The van der Waals surface area contributed by atoms with Crippen molar-refractivity contribution in [1.29, 1.82) is 0 Å². The van der Waals surface area contributed by atoms with E-state index in [-0.39, 0.29) is 24.3 Å². The van der Waals surface area contributed by atoms with Gasteiger partial charge in [0.15, 0.2) is 0 Å². The van der Waals surface area contributed by atoms with Crippen molar-refractivity contribution < 1.29 is 26.8 Å². The monoisotopic (exact) mass is 373 g/mol. The lowest BCUT2D eigenvalue weighted by Gasteiger charge is -2.28. The molecule has 140 valence electrons. The zero-order valence-electron chi connectivity index (χ0n) is 15.8. The third-order valence-corrected chi connectivity index (χ3v) is 5.43. The summed E-state index contributed by atoms with van der Waals surface area (Å²) in [6.07, 6.45) is 0.885. The molecule has 0 aromatic heterocycles. The van der Waals surface area contributed by atoms with Gasteiger partial charge >= 0.3 is 5.97 Å². The Hall–Kier alpha value is -1.84. The number of halogens is 1. The van der Waals surface area contributed by atoms with Gasteiger partial charge in [0.25, 0.3) is 0 Å². The Morgan fingerprint density at radius 3 is 2.04 bits per heavy atom. The fourth-order valence-corrected chi connectivity index (χ4v) is 3.94. The first-order chi connectivity index (χ1) is 12.2. The average molecular weight is 374 g/mol. The van der Waals surface area contributed by atoms with Crippen molar-refractivity contribution in [2.75, 3.05) is 19.7 Å². The number of quaternary nitrogens is 1. The molecule has 0 saturated carbocycles. The molecule has 1 N–H and O–H groups in total. The van der Waals surface area contributed by atoms with Gasteiger partial charge in [-0.1, -0.05) is 48.5 Å². The minimum Gasteiger partial charge on any atom is -1.00 e. The van der Waals surface area contributed by atoms with Gasteiger partial charge in [-0.25, -0.2) is 0 Å². The molecule has 1 aliphatic carbocycles. The van der Waals surface area contributed by atoms with E-state index in [4.69, 9.17) is 4.74 Å². The normalized spacial score (nSPS) is 14.2. The van der Waals surface area contributed by atoms with Gasteiger partial charge in [-0.05, 0) is 49.4 Å². The van der Waals surface area contributed by atoms with E-state index >= 15 is 0 Å². The van der Waals surface area contributed by atoms with Crippen molar-refractivity contribution in [3.63, 3.8) is 0 Å². The van der Waals surface area contributed by atoms with Gasteiger partial charge in [0.2, 0.25) is 0 Å². The molecule has 2 aromatic rings. The molecular weight excluding hydrogens is 346 g/mol. The van der Waals surface area contributed by atoms with Crippen LogP contribution in [0.4, 0.5) is 0 Å². The Bertz CT molecular complexity index is 697. The summed E-state index contributed by atoms with van der Waals surface area (Å²) in [5.74, 6) is -0.432. The highest BCUT2D eigenvalue weighted by atomic mass is 35.5. The van der Waals surface area contributed by atoms with E-state index in [1.54, 1.807) is 0 Å². The molecule has 0 heterocycles. The molecule has 26 heavy (non-hydrogen) atoms. The van der Waals surface area contributed by atoms with Crippen molar-refractivity contribution in [3.8, 4) is 0 Å². The van der Waals surface area contributed by atoms with E-state index in [2.05, 4.69) is 45.0 Å². The van der Waals surface area contributed by atoms with Crippen molar-refractivity contribution in [3.05, 3.63) is 70.8 Å². The fourth-order valence-electron chi connectivity index (χ4n) is 3.94. The Kier molecular flexibility index (Phi) is 7.24. The fraction of sp³-hybridized carbons (Fsp3) is 0.409. The second-order valence-corrected chi connectivity index (χ2v) is 6.90. The Morgan fingerprint density at radius 2 is 1.54 bits per heavy atom. The second kappa shape index (κ2) is 9.20. The molecule has 2 aromatic carbocycles. The van der Waals surface area contributed by atoms with Crippen LogP contribution in [0.5, 0.6) is 0 Å². The van der Waals surface area contributed by atoms with Crippen LogP contribution in [0.25, 0.3) is 0 Å². The summed E-state index contributed by atoms with van der Waals surface area (Å²) in [6, 6.07) is 16.8. The smallest absolute Gasteiger partial charge is 0.318 e. The van der Waals surface area contributed by atoms with Gasteiger partial charge in [-0.2, -0.15) is 0 Å². The van der Waals surface area contributed by atoms with Gasteiger partial charge < -0.3 is 22.0 Å². The van der Waals surface area contributed by atoms with Crippen LogP contribution in [0.15, 0.2) is 48.5 Å². The van der Waals surface area contributed by atoms with Crippen molar-refractivity contribution in [1.82, 2.24) is 0 Å². The number of likely N-dealkylation sites (N-methyl/N-ethyl adjacent to an activating group) is 1. The zero-order chi connectivity index (χ0) is 17.8. The summed E-state index contributed by atoms with van der Waals surface area (Å²) in [4.78, 5) is 14.5. The van der Waals surface area contributed by atoms with Crippen LogP contribution in [-0.2, 0) is 16.0 Å². The maximum absolute atomic E-state index is 13.0. The minimum atomic E-state index is -0.306. The number of nitrogens with one attached hydrogen (secondary N) is 1. The number of ether oxygens (including phenoxy) is 1. The Morgan fingerprint density at radius 1 is 1.04 bits per heavy atom. The number of rotatable bonds is 6. The lowest BCUT2D eigenvalue weighted by molar-refractivity contribution is -0.920. The summed E-state index contributed by atoms with van der Waals surface area (Å²) >= 11 is 0. The standard InChI is InChI=1S/C22H27NO2.ClH/c1-4-23(5-2)16(3)15-25-22(24)21-19-12-8-6-10-17(19)14-18-11-7-9-13-20(18)21;/h6-13,16,21H,4-5,14-15H2,1-3H3;1H. The first-order valence-corrected chi connectivity index (χ1v) is 9.32. The molecule has 3 rings (SSSR count). The first kappa shape index (κ1) is 20.5. The molecule has 0 aliphatic heterocycles. The largest absolute Gasteiger partial charge is 1.00 e. The lowest BCUT2D eigenvalue weighted by atomic mass is 9.78. The number of fused-ring (bicyclic) bond motifs is 2. The minimum absolute atomic E-state index is 0. The maximum Gasteiger partial charge on any atom is 0.318 e. The van der Waals surface area contributed by atoms with Gasteiger partial charge in [0, 0.05) is 0 Å². The van der Waals surface area contributed by atoms with Gasteiger partial charge in [-0.15, -0.1) is 0 Å². The van der Waals surface area contributed by atoms with E-state index in [1.165, 1.54) is 16.0 Å². The molecule has 1 atom stereocenters. The SMILES string of the molecule is CC[NH+](CC)C(C)COC(=O)C1c2ccccc2Cc2ccccc21.[Cl-]. The summed E-state index contributed by atoms with van der Waals surface area (Å²) in [5, 5.41) is 0. The molecule has 1 unspecified atom stereocenters. The third-order valence-electron chi connectivity index (χ3n) is 5.43. The molecule has 1 aliphatic rings. The van der Waals surface area contributed by atoms with Crippen molar-refractivity contribution in [2.45, 2.75) is 39.2 Å². The molecule has 0 bridgehead atoms. The van der Waals surface area contributed by atoms with Crippen LogP contribution >= 0.6 is 0 Å². The van der Waals surface area contributed by atoms with Crippen LogP contribution in [0.3, 0.4) is 0 Å². The van der Waals surface area contributed by atoms with Crippen LogP contribution in [0.1, 0.15) is 48.9 Å². The van der Waals surface area contributed by atoms with Crippen molar-refractivity contribution in [2.24, 2.45) is 0 Å². The van der Waals surface area contributed by atoms with E-state index < -0.39 is 0 Å². The highest BCUT2D eigenvalue weighted by Gasteiger charge is 2.32. The van der Waals surface area contributed by atoms with E-state index in [0.717, 1.165) is 30.6 Å². The topological polar surface area (TPSA) is 30.7 Å². The van der Waals surface area contributed by atoms with Gasteiger partial charge in [0.1, 0.15) is 18.6 Å². The molecule has 0 saturated heterocycles. The predicted octanol–water partition coefficient (Wildman–Crippen LogP) is -0.417. The molecule has 3 nitrogen and oxygen atoms in total. The van der Waals surface area contributed by atoms with E-state index in [9.17, 15) is 4.79 Å². The molecule has 0 radical (unpaired) electrons. The summed E-state index contributed by atoms with van der Waals surface area (Å²) in [5.41, 5.74) is 4.64. The van der Waals surface area contributed by atoms with E-state index in [1.807, 2.05) is 24.3 Å².